The van der Waals surface area contributed by atoms with Gasteiger partial charge in [-0.1, -0.05) is 0 Å². The van der Waals surface area contributed by atoms with Crippen LogP contribution < -0.4 is 11.1 Å². The number of hydrogen-bond acceptors (Lipinski definition) is 7. The smallest absolute Gasteiger partial charge is 0.420 e. The van der Waals surface area contributed by atoms with E-state index in [1.807, 2.05) is 0 Å². The molecular weight excluding hydrogens is 404 g/mol. The molecule has 1 aliphatic rings. The summed E-state index contributed by atoms with van der Waals surface area (Å²) in [6.45, 7) is 2.42. The van der Waals surface area contributed by atoms with Crippen LogP contribution in [0.2, 0.25) is 0 Å². The molecule has 0 aliphatic carbocycles. The lowest BCUT2D eigenvalue weighted by atomic mass is 10.3. The molecule has 0 atom stereocenters. The zero-order chi connectivity index (χ0) is 21.2. The highest BCUT2D eigenvalue weighted by atomic mass is 32.2. The highest BCUT2D eigenvalue weighted by Crippen LogP contribution is 2.22. The van der Waals surface area contributed by atoms with Crippen molar-refractivity contribution in [3.8, 4) is 0 Å². The summed E-state index contributed by atoms with van der Waals surface area (Å²) >= 11 is 0. The third-order valence-corrected chi connectivity index (χ3v) is 6.52. The second kappa shape index (κ2) is 8.25. The number of nitrogens with one attached hydrogen (secondary N) is 1. The molecule has 1 saturated heterocycles. The van der Waals surface area contributed by atoms with Crippen molar-refractivity contribution in [3.05, 3.63) is 28.7 Å². The van der Waals surface area contributed by atoms with Crippen LogP contribution in [0, 0.1) is 0 Å². The Bertz CT molecular complexity index is 1080. The number of amides is 2. The molecule has 29 heavy (non-hydrogen) atoms. The average Bonchev–Trinajstić information content (AvgIpc) is 3.02. The Morgan fingerprint density at radius 1 is 1.21 bits per heavy atom. The minimum absolute atomic E-state index is 0.0320. The first kappa shape index (κ1) is 20.9. The van der Waals surface area contributed by atoms with E-state index in [-0.39, 0.29) is 55.7 Å². The Morgan fingerprint density at radius 3 is 2.52 bits per heavy atom. The van der Waals surface area contributed by atoms with Gasteiger partial charge in [0.2, 0.25) is 15.9 Å². The number of fused-ring (bicyclic) bond motifs is 1. The predicted molar refractivity (Wildman–Crippen MR) is 102 cm³/mol. The van der Waals surface area contributed by atoms with E-state index in [1.54, 1.807) is 6.92 Å². The number of rotatable bonds is 5. The van der Waals surface area contributed by atoms with Crippen LogP contribution in [0.15, 0.2) is 32.3 Å². The Morgan fingerprint density at radius 2 is 1.90 bits per heavy atom. The van der Waals surface area contributed by atoms with Crippen LogP contribution in [0.5, 0.6) is 0 Å². The van der Waals surface area contributed by atoms with Crippen molar-refractivity contribution >= 4 is 33.1 Å². The van der Waals surface area contributed by atoms with Crippen molar-refractivity contribution in [2.75, 3.05) is 39.8 Å². The van der Waals surface area contributed by atoms with Gasteiger partial charge in [-0.05, 0) is 19.1 Å². The molecule has 0 bridgehead atoms. The van der Waals surface area contributed by atoms with Crippen LogP contribution in [-0.4, -0.2) is 74.0 Å². The lowest BCUT2D eigenvalue weighted by Crippen LogP contribution is -2.50. The van der Waals surface area contributed by atoms with Crippen molar-refractivity contribution in [2.45, 2.75) is 18.4 Å². The molecule has 2 heterocycles. The van der Waals surface area contributed by atoms with Crippen molar-refractivity contribution in [3.63, 3.8) is 0 Å². The number of likely N-dealkylation sites (N-methyl/N-ethyl adjacent to an activating group) is 1. The Hall–Kier alpha value is -2.86. The molecule has 1 fully saturated rings. The summed E-state index contributed by atoms with van der Waals surface area (Å²) in [4.78, 5) is 36.8. The first-order chi connectivity index (χ1) is 13.8. The van der Waals surface area contributed by atoms with Gasteiger partial charge in [0.25, 0.3) is 0 Å². The van der Waals surface area contributed by atoms with Gasteiger partial charge in [0.15, 0.2) is 5.58 Å². The van der Waals surface area contributed by atoms with Crippen LogP contribution in [0.4, 0.5) is 4.79 Å². The molecule has 2 amide bonds. The van der Waals surface area contributed by atoms with Gasteiger partial charge in [-0.3, -0.25) is 9.36 Å². The number of aromatic nitrogens is 1. The second-order valence-electron chi connectivity index (χ2n) is 6.35. The fourth-order valence-electron chi connectivity index (χ4n) is 3.05. The quantitative estimate of drug-likeness (QED) is 0.701. The number of piperazine rings is 1. The number of carbonyl (C=O) groups is 2. The predicted octanol–water partition coefficient (Wildman–Crippen LogP) is -0.197. The Labute approximate surface area is 166 Å². The van der Waals surface area contributed by atoms with E-state index in [2.05, 4.69) is 5.32 Å². The number of sulfonamides is 1. The van der Waals surface area contributed by atoms with Gasteiger partial charge in [-0.15, -0.1) is 0 Å². The van der Waals surface area contributed by atoms with Crippen LogP contribution in [-0.2, 0) is 26.1 Å². The van der Waals surface area contributed by atoms with Gasteiger partial charge in [0.05, 0.1) is 17.0 Å². The standard InChI is InChI=1S/C17H22N4O7S/c1-3-27-16(23)19-6-8-20(9-7-19)29(25,26)12-4-5-13-14(10-12)28-17(24)21(13)11-15(22)18-2/h4-5,10H,3,6-9,11H2,1-2H3,(H,18,22). The fraction of sp³-hybridized carbons (Fsp3) is 0.471. The molecule has 1 aromatic carbocycles. The SMILES string of the molecule is CCOC(=O)N1CCN(S(=O)(=O)c2ccc3c(c2)oc(=O)n3CC(=O)NC)CC1. The number of benzene rings is 1. The lowest BCUT2D eigenvalue weighted by Gasteiger charge is -2.33. The highest BCUT2D eigenvalue weighted by Gasteiger charge is 2.31. The maximum Gasteiger partial charge on any atom is 0.420 e. The van der Waals surface area contributed by atoms with Crippen molar-refractivity contribution in [1.29, 1.82) is 0 Å². The molecule has 1 aromatic heterocycles. The van der Waals surface area contributed by atoms with E-state index in [9.17, 15) is 22.8 Å². The van der Waals surface area contributed by atoms with E-state index < -0.39 is 21.9 Å². The molecule has 0 spiro atoms. The van der Waals surface area contributed by atoms with Gasteiger partial charge in [0, 0.05) is 39.3 Å². The number of nitrogens with zero attached hydrogens (tertiary/aromatic N) is 3. The summed E-state index contributed by atoms with van der Waals surface area (Å²) in [6, 6.07) is 4.07. The molecule has 11 nitrogen and oxygen atoms in total. The molecule has 2 aromatic rings. The molecule has 0 unspecified atom stereocenters. The van der Waals surface area contributed by atoms with Gasteiger partial charge in [-0.25, -0.2) is 18.0 Å². The summed E-state index contributed by atoms with van der Waals surface area (Å²) in [5.74, 6) is -1.13. The number of oxazole rings is 1. The summed E-state index contributed by atoms with van der Waals surface area (Å²) < 4.78 is 38.3. The van der Waals surface area contributed by atoms with Gasteiger partial charge >= 0.3 is 11.8 Å². The monoisotopic (exact) mass is 426 g/mol. The summed E-state index contributed by atoms with van der Waals surface area (Å²) in [7, 11) is -2.40. The Kier molecular flexibility index (Phi) is 5.94. The van der Waals surface area contributed by atoms with Gasteiger partial charge in [-0.2, -0.15) is 4.31 Å². The van der Waals surface area contributed by atoms with E-state index in [0.29, 0.717) is 5.52 Å². The highest BCUT2D eigenvalue weighted by molar-refractivity contribution is 7.89. The first-order valence-corrected chi connectivity index (χ1v) is 10.5. The molecular formula is C17H22N4O7S. The van der Waals surface area contributed by atoms with Crippen molar-refractivity contribution < 1.29 is 27.2 Å². The average molecular weight is 426 g/mol. The molecule has 3 rings (SSSR count). The zero-order valence-corrected chi connectivity index (χ0v) is 16.9. The van der Waals surface area contributed by atoms with E-state index in [1.165, 1.54) is 34.5 Å². The van der Waals surface area contributed by atoms with Crippen LogP contribution in [0.25, 0.3) is 11.1 Å². The largest absolute Gasteiger partial charge is 0.450 e. The molecule has 1 aliphatic heterocycles. The van der Waals surface area contributed by atoms with Crippen molar-refractivity contribution in [1.82, 2.24) is 19.1 Å². The van der Waals surface area contributed by atoms with E-state index in [4.69, 9.17) is 9.15 Å². The Balaban J connectivity index is 1.82. The molecule has 12 heteroatoms. The minimum atomic E-state index is -3.84. The van der Waals surface area contributed by atoms with Gasteiger partial charge in [0.1, 0.15) is 6.54 Å². The summed E-state index contributed by atoms with van der Waals surface area (Å²) in [5.41, 5.74) is 0.398. The summed E-state index contributed by atoms with van der Waals surface area (Å²) in [5, 5.41) is 2.41. The van der Waals surface area contributed by atoms with E-state index >= 15 is 0 Å². The molecule has 158 valence electrons. The van der Waals surface area contributed by atoms with Crippen LogP contribution >= 0.6 is 0 Å². The first-order valence-electron chi connectivity index (χ1n) is 9.03. The maximum atomic E-state index is 12.9. The normalized spacial score (nSPS) is 15.4. The number of hydrogen-bond donors (Lipinski definition) is 1. The third kappa shape index (κ3) is 4.12. The maximum absolute atomic E-state index is 12.9. The van der Waals surface area contributed by atoms with Crippen LogP contribution in [0.3, 0.4) is 0 Å². The van der Waals surface area contributed by atoms with Crippen LogP contribution in [0.1, 0.15) is 6.92 Å². The fourth-order valence-corrected chi connectivity index (χ4v) is 4.49. The van der Waals surface area contributed by atoms with Crippen molar-refractivity contribution in [2.24, 2.45) is 0 Å². The van der Waals surface area contributed by atoms with E-state index in [0.717, 1.165) is 4.57 Å². The van der Waals surface area contributed by atoms with Gasteiger partial charge < -0.3 is 19.4 Å². The summed E-state index contributed by atoms with van der Waals surface area (Å²) in [6.07, 6.45) is -0.467. The number of ether oxygens (including phenoxy) is 1. The molecule has 1 N–H and O–H groups in total. The lowest BCUT2D eigenvalue weighted by molar-refractivity contribution is -0.121. The zero-order valence-electron chi connectivity index (χ0n) is 16.1. The third-order valence-electron chi connectivity index (χ3n) is 4.62. The molecule has 0 radical (unpaired) electrons. The topological polar surface area (TPSA) is 131 Å². The molecule has 0 saturated carbocycles. The number of carbonyl (C=O) groups excluding carboxylic acids is 2. The minimum Gasteiger partial charge on any atom is -0.450 e. The second-order valence-corrected chi connectivity index (χ2v) is 8.28.